The third kappa shape index (κ3) is 3.05. The Hall–Kier alpha value is -1.55. The summed E-state index contributed by atoms with van der Waals surface area (Å²) in [5.74, 6) is -2.32. The molecule has 0 aliphatic carbocycles. The number of carboxylic acid groups (broad SMARTS) is 1. The number of hydrogen-bond donors (Lipinski definition) is 2. The Labute approximate surface area is 120 Å². The third-order valence-corrected chi connectivity index (χ3v) is 5.14. The third-order valence-electron chi connectivity index (χ3n) is 3.14. The average molecular weight is 319 g/mol. The maximum absolute atomic E-state index is 13.3. The van der Waals surface area contributed by atoms with E-state index >= 15 is 0 Å². The van der Waals surface area contributed by atoms with Gasteiger partial charge in [-0.15, -0.1) is 0 Å². The number of carboxylic acids is 1. The summed E-state index contributed by atoms with van der Waals surface area (Å²) in [6, 6.07) is 1.63. The highest BCUT2D eigenvalue weighted by molar-refractivity contribution is 7.89. The van der Waals surface area contributed by atoms with E-state index in [0.717, 1.165) is 16.4 Å². The minimum Gasteiger partial charge on any atom is -0.478 e. The number of aromatic carboxylic acids is 1. The zero-order chi connectivity index (χ0) is 15.6. The molecule has 21 heavy (non-hydrogen) atoms. The Balaban J connectivity index is 2.53. The summed E-state index contributed by atoms with van der Waals surface area (Å²) in [6.45, 7) is -0.402. The summed E-state index contributed by atoms with van der Waals surface area (Å²) in [7, 11) is -4.25. The first-order valence-corrected chi connectivity index (χ1v) is 7.55. The Bertz CT molecular complexity index is 647. The lowest BCUT2D eigenvalue weighted by Crippen LogP contribution is -2.50. The van der Waals surface area contributed by atoms with E-state index in [2.05, 4.69) is 0 Å². The number of halogens is 1. The Morgan fingerprint density at radius 2 is 2.19 bits per heavy atom. The van der Waals surface area contributed by atoms with Crippen LogP contribution in [-0.2, 0) is 14.8 Å². The first-order chi connectivity index (χ1) is 9.87. The van der Waals surface area contributed by atoms with Crippen molar-refractivity contribution in [3.8, 4) is 0 Å². The lowest BCUT2D eigenvalue weighted by molar-refractivity contribution is 0.0109. The van der Waals surface area contributed by atoms with Crippen LogP contribution in [0.4, 0.5) is 4.39 Å². The van der Waals surface area contributed by atoms with E-state index in [1.165, 1.54) is 0 Å². The largest absolute Gasteiger partial charge is 0.478 e. The van der Waals surface area contributed by atoms with Crippen molar-refractivity contribution >= 4 is 16.0 Å². The van der Waals surface area contributed by atoms with Gasteiger partial charge in [0.15, 0.2) is 0 Å². The topological polar surface area (TPSA) is 104 Å². The molecule has 0 saturated carbocycles. The average Bonchev–Trinajstić information content (AvgIpc) is 2.46. The van der Waals surface area contributed by atoms with Gasteiger partial charge in [-0.05, 0) is 18.2 Å². The van der Waals surface area contributed by atoms with Crippen LogP contribution in [0.1, 0.15) is 10.4 Å². The number of ether oxygens (including phenoxy) is 1. The predicted octanol–water partition coefficient (Wildman–Crippen LogP) is -0.0943. The van der Waals surface area contributed by atoms with E-state index in [-0.39, 0.29) is 19.8 Å². The molecule has 0 bridgehead atoms. The van der Waals surface area contributed by atoms with Crippen LogP contribution in [0.5, 0.6) is 0 Å². The van der Waals surface area contributed by atoms with Crippen molar-refractivity contribution in [3.05, 3.63) is 29.6 Å². The minimum absolute atomic E-state index is 0.00650. The maximum Gasteiger partial charge on any atom is 0.337 e. The van der Waals surface area contributed by atoms with Crippen LogP contribution in [0.15, 0.2) is 23.1 Å². The lowest BCUT2D eigenvalue weighted by Gasteiger charge is -2.33. The molecule has 1 aliphatic heterocycles. The molecular weight excluding hydrogens is 305 g/mol. The quantitative estimate of drug-likeness (QED) is 0.803. The van der Waals surface area contributed by atoms with Crippen LogP contribution >= 0.6 is 0 Å². The van der Waals surface area contributed by atoms with Gasteiger partial charge < -0.3 is 14.9 Å². The van der Waals surface area contributed by atoms with E-state index < -0.39 is 44.9 Å². The van der Waals surface area contributed by atoms with Crippen molar-refractivity contribution in [2.75, 3.05) is 26.4 Å². The van der Waals surface area contributed by atoms with E-state index in [9.17, 15) is 22.7 Å². The molecule has 1 aromatic rings. The zero-order valence-corrected chi connectivity index (χ0v) is 11.7. The van der Waals surface area contributed by atoms with Crippen molar-refractivity contribution in [3.63, 3.8) is 0 Å². The standard InChI is InChI=1S/C12H14FNO6S/c13-8-1-2-10(12(16)17)11(5-8)21(18,19)14-3-4-20-7-9(14)6-15/h1-2,5,9,15H,3-4,6-7H2,(H,16,17). The van der Waals surface area contributed by atoms with Crippen molar-refractivity contribution in [2.45, 2.75) is 10.9 Å². The Morgan fingerprint density at radius 1 is 1.48 bits per heavy atom. The number of hydrogen-bond acceptors (Lipinski definition) is 5. The normalized spacial score (nSPS) is 20.4. The van der Waals surface area contributed by atoms with Gasteiger partial charge in [-0.25, -0.2) is 17.6 Å². The number of benzene rings is 1. The number of carbonyl (C=O) groups is 1. The van der Waals surface area contributed by atoms with Crippen LogP contribution < -0.4 is 0 Å². The molecule has 0 aromatic heterocycles. The van der Waals surface area contributed by atoms with Gasteiger partial charge in [-0.1, -0.05) is 0 Å². The zero-order valence-electron chi connectivity index (χ0n) is 10.9. The van der Waals surface area contributed by atoms with Crippen LogP contribution in [0, 0.1) is 5.82 Å². The molecule has 2 rings (SSSR count). The van der Waals surface area contributed by atoms with Crippen molar-refractivity contribution in [2.24, 2.45) is 0 Å². The summed E-state index contributed by atoms with van der Waals surface area (Å²) in [5, 5.41) is 18.3. The monoisotopic (exact) mass is 319 g/mol. The second kappa shape index (κ2) is 6.06. The highest BCUT2D eigenvalue weighted by atomic mass is 32.2. The Kier molecular flexibility index (Phi) is 4.57. The van der Waals surface area contributed by atoms with Crippen LogP contribution in [0.25, 0.3) is 0 Å². The molecule has 7 nitrogen and oxygen atoms in total. The van der Waals surface area contributed by atoms with Gasteiger partial charge in [0.1, 0.15) is 5.82 Å². The first kappa shape index (κ1) is 15.8. The van der Waals surface area contributed by atoms with Crippen LogP contribution in [0.3, 0.4) is 0 Å². The second-order valence-electron chi connectivity index (χ2n) is 4.47. The summed E-state index contributed by atoms with van der Waals surface area (Å²) in [4.78, 5) is 10.5. The maximum atomic E-state index is 13.3. The predicted molar refractivity (Wildman–Crippen MR) is 68.9 cm³/mol. The van der Waals surface area contributed by atoms with Crippen LogP contribution in [0.2, 0.25) is 0 Å². The molecule has 1 saturated heterocycles. The van der Waals surface area contributed by atoms with Gasteiger partial charge in [-0.3, -0.25) is 0 Å². The minimum atomic E-state index is -4.25. The van der Waals surface area contributed by atoms with E-state index in [1.54, 1.807) is 0 Å². The fourth-order valence-corrected chi connectivity index (χ4v) is 3.89. The molecule has 1 atom stereocenters. The van der Waals surface area contributed by atoms with Gasteiger partial charge in [-0.2, -0.15) is 4.31 Å². The molecule has 1 unspecified atom stereocenters. The molecular formula is C12H14FNO6S. The smallest absolute Gasteiger partial charge is 0.337 e. The van der Waals surface area contributed by atoms with Gasteiger partial charge in [0.25, 0.3) is 0 Å². The fraction of sp³-hybridized carbons (Fsp3) is 0.417. The molecule has 1 aliphatic rings. The molecule has 0 spiro atoms. The number of sulfonamides is 1. The second-order valence-corrected chi connectivity index (χ2v) is 6.33. The van der Waals surface area contributed by atoms with Gasteiger partial charge >= 0.3 is 5.97 Å². The fourth-order valence-electron chi connectivity index (χ4n) is 2.11. The van der Waals surface area contributed by atoms with E-state index in [4.69, 9.17) is 9.84 Å². The molecule has 1 fully saturated rings. The van der Waals surface area contributed by atoms with E-state index in [1.807, 2.05) is 0 Å². The Morgan fingerprint density at radius 3 is 2.81 bits per heavy atom. The molecule has 1 heterocycles. The first-order valence-electron chi connectivity index (χ1n) is 6.11. The highest BCUT2D eigenvalue weighted by Crippen LogP contribution is 2.24. The summed E-state index contributed by atoms with van der Waals surface area (Å²) in [6.07, 6.45) is 0. The van der Waals surface area contributed by atoms with Crippen molar-refractivity contribution in [1.82, 2.24) is 4.31 Å². The lowest BCUT2D eigenvalue weighted by atomic mass is 10.2. The molecule has 2 N–H and O–H groups in total. The van der Waals surface area contributed by atoms with Gasteiger partial charge in [0, 0.05) is 6.54 Å². The number of aliphatic hydroxyl groups is 1. The summed E-state index contributed by atoms with van der Waals surface area (Å²) in [5.41, 5.74) is -0.514. The van der Waals surface area contributed by atoms with Crippen molar-refractivity contribution in [1.29, 1.82) is 0 Å². The highest BCUT2D eigenvalue weighted by Gasteiger charge is 2.36. The summed E-state index contributed by atoms with van der Waals surface area (Å²) >= 11 is 0. The van der Waals surface area contributed by atoms with Crippen molar-refractivity contribution < 1.29 is 32.6 Å². The number of nitrogens with zero attached hydrogens (tertiary/aromatic N) is 1. The molecule has 9 heteroatoms. The van der Waals surface area contributed by atoms with Crippen LogP contribution in [-0.4, -0.2) is 61.3 Å². The number of aliphatic hydroxyl groups excluding tert-OH is 1. The summed E-state index contributed by atoms with van der Waals surface area (Å²) < 4.78 is 44.5. The number of morpholine rings is 1. The molecule has 0 amide bonds. The van der Waals surface area contributed by atoms with Gasteiger partial charge in [0.2, 0.25) is 10.0 Å². The molecule has 116 valence electrons. The SMILES string of the molecule is O=C(O)c1ccc(F)cc1S(=O)(=O)N1CCOCC1CO. The molecule has 1 aromatic carbocycles. The van der Waals surface area contributed by atoms with E-state index in [0.29, 0.717) is 6.07 Å². The number of rotatable bonds is 4. The van der Waals surface area contributed by atoms with Gasteiger partial charge in [0.05, 0.1) is 36.3 Å². The molecule has 0 radical (unpaired) electrons.